The van der Waals surface area contributed by atoms with Gasteiger partial charge in [0.15, 0.2) is 0 Å². The summed E-state index contributed by atoms with van der Waals surface area (Å²) in [5, 5.41) is 4.95. The van der Waals surface area contributed by atoms with E-state index < -0.39 is 11.8 Å². The van der Waals surface area contributed by atoms with Crippen molar-refractivity contribution < 1.29 is 14.3 Å². The number of hydrogen-bond donors (Lipinski definition) is 2. The maximum absolute atomic E-state index is 11.3. The minimum Gasteiger partial charge on any atom is -0.467 e. The summed E-state index contributed by atoms with van der Waals surface area (Å²) in [6, 6.07) is 0.114. The minimum absolute atomic E-state index is 0.0159. The fourth-order valence-corrected chi connectivity index (χ4v) is 1.47. The van der Waals surface area contributed by atoms with Crippen LogP contribution in [0.2, 0.25) is 0 Å². The first-order valence-electron chi connectivity index (χ1n) is 5.18. The van der Waals surface area contributed by atoms with E-state index in [9.17, 15) is 9.59 Å². The third-order valence-electron chi connectivity index (χ3n) is 2.24. The van der Waals surface area contributed by atoms with Gasteiger partial charge in [0.05, 0.1) is 7.11 Å². The average Bonchev–Trinajstić information content (AvgIpc) is 2.37. The maximum atomic E-state index is 11.3. The van der Waals surface area contributed by atoms with E-state index in [2.05, 4.69) is 25.6 Å². The largest absolute Gasteiger partial charge is 0.467 e. The molecule has 1 aromatic heterocycles. The Morgan fingerprint density at radius 1 is 1.22 bits per heavy atom. The third kappa shape index (κ3) is 2.44. The van der Waals surface area contributed by atoms with Crippen LogP contribution in [-0.2, 0) is 9.59 Å². The summed E-state index contributed by atoms with van der Waals surface area (Å²) in [5.41, 5.74) is 0. The molecule has 0 saturated carbocycles. The van der Waals surface area contributed by atoms with Crippen molar-refractivity contribution in [1.29, 1.82) is 0 Å². The van der Waals surface area contributed by atoms with Gasteiger partial charge in [0, 0.05) is 7.05 Å². The van der Waals surface area contributed by atoms with E-state index in [1.54, 1.807) is 7.05 Å². The molecule has 0 bridgehead atoms. The smallest absolute Gasteiger partial charge is 0.322 e. The number of nitrogens with zero attached hydrogens (tertiary/aromatic N) is 4. The van der Waals surface area contributed by atoms with Crippen LogP contribution in [0.15, 0.2) is 0 Å². The monoisotopic (exact) mass is 252 g/mol. The molecule has 1 aromatic rings. The molecule has 0 atom stereocenters. The van der Waals surface area contributed by atoms with Crippen LogP contribution < -0.4 is 20.3 Å². The normalized spacial score (nSPS) is 15.3. The van der Waals surface area contributed by atoms with Gasteiger partial charge < -0.3 is 15.0 Å². The highest BCUT2D eigenvalue weighted by molar-refractivity contribution is 6.02. The van der Waals surface area contributed by atoms with Crippen LogP contribution in [0.4, 0.5) is 11.9 Å². The predicted octanol–water partition coefficient (Wildman–Crippen LogP) is -1.62. The summed E-state index contributed by atoms with van der Waals surface area (Å²) < 4.78 is 4.93. The Hall–Kier alpha value is -2.45. The molecule has 0 aliphatic carbocycles. The van der Waals surface area contributed by atoms with E-state index in [1.807, 2.05) is 0 Å². The molecule has 0 radical (unpaired) electrons. The summed E-state index contributed by atoms with van der Waals surface area (Å²) in [4.78, 5) is 36.0. The summed E-state index contributed by atoms with van der Waals surface area (Å²) in [6.07, 6.45) is 0. The zero-order chi connectivity index (χ0) is 13.1. The molecule has 0 spiro atoms. The van der Waals surface area contributed by atoms with Gasteiger partial charge in [-0.1, -0.05) is 0 Å². The fraction of sp³-hybridized carbons (Fsp3) is 0.444. The molecular formula is C9H12N6O3. The number of ether oxygens (including phenoxy) is 1. The lowest BCUT2D eigenvalue weighted by Crippen LogP contribution is -2.52. The number of carbonyl (C=O) groups is 2. The Labute approximate surface area is 103 Å². The molecule has 18 heavy (non-hydrogen) atoms. The Balaban J connectivity index is 2.31. The Morgan fingerprint density at radius 3 is 2.44 bits per heavy atom. The lowest BCUT2D eigenvalue weighted by molar-refractivity contribution is -0.130. The molecule has 2 N–H and O–H groups in total. The number of carbonyl (C=O) groups excluding carboxylic acids is 2. The molecule has 1 fully saturated rings. The second-order valence-corrected chi connectivity index (χ2v) is 3.52. The Bertz CT molecular complexity index is 453. The van der Waals surface area contributed by atoms with Gasteiger partial charge in [-0.15, -0.1) is 0 Å². The van der Waals surface area contributed by atoms with Crippen LogP contribution in [0.3, 0.4) is 0 Å². The van der Waals surface area contributed by atoms with E-state index in [0.717, 1.165) is 0 Å². The topological polar surface area (TPSA) is 109 Å². The van der Waals surface area contributed by atoms with E-state index in [-0.39, 0.29) is 25.0 Å². The Morgan fingerprint density at radius 2 is 1.89 bits per heavy atom. The number of nitrogens with one attached hydrogen (secondary N) is 2. The first-order chi connectivity index (χ1) is 8.62. The Kier molecular flexibility index (Phi) is 3.22. The van der Waals surface area contributed by atoms with E-state index >= 15 is 0 Å². The van der Waals surface area contributed by atoms with Crippen LogP contribution in [-0.4, -0.2) is 54.0 Å². The minimum atomic E-state index is -0.392. The van der Waals surface area contributed by atoms with Gasteiger partial charge in [0.25, 0.3) is 0 Å². The second-order valence-electron chi connectivity index (χ2n) is 3.52. The van der Waals surface area contributed by atoms with E-state index in [1.165, 1.54) is 12.0 Å². The van der Waals surface area contributed by atoms with Gasteiger partial charge in [-0.3, -0.25) is 14.9 Å². The summed E-state index contributed by atoms with van der Waals surface area (Å²) in [7, 11) is 3.07. The molecule has 9 nitrogen and oxygen atoms in total. The quantitative estimate of drug-likeness (QED) is 0.618. The maximum Gasteiger partial charge on any atom is 0.322 e. The molecule has 0 unspecified atom stereocenters. The molecular weight excluding hydrogens is 240 g/mol. The van der Waals surface area contributed by atoms with Crippen LogP contribution >= 0.6 is 0 Å². The summed E-state index contributed by atoms with van der Waals surface area (Å²) in [5.74, 6) is -0.266. The van der Waals surface area contributed by atoms with E-state index in [4.69, 9.17) is 4.74 Å². The molecule has 9 heteroatoms. The first-order valence-corrected chi connectivity index (χ1v) is 5.18. The highest BCUT2D eigenvalue weighted by Gasteiger charge is 2.25. The fourth-order valence-electron chi connectivity index (χ4n) is 1.47. The average molecular weight is 252 g/mol. The summed E-state index contributed by atoms with van der Waals surface area (Å²) >= 11 is 0. The van der Waals surface area contributed by atoms with Crippen molar-refractivity contribution in [3.05, 3.63) is 0 Å². The number of aromatic nitrogens is 3. The first kappa shape index (κ1) is 12.0. The molecule has 2 amide bonds. The van der Waals surface area contributed by atoms with Crippen molar-refractivity contribution in [2.45, 2.75) is 0 Å². The number of amides is 2. The number of hydrogen-bond acceptors (Lipinski definition) is 8. The van der Waals surface area contributed by atoms with Crippen LogP contribution in [0.1, 0.15) is 0 Å². The number of imide groups is 1. The number of piperazine rings is 1. The van der Waals surface area contributed by atoms with Gasteiger partial charge in [0.1, 0.15) is 13.1 Å². The molecule has 1 aliphatic rings. The van der Waals surface area contributed by atoms with Crippen LogP contribution in [0.5, 0.6) is 6.01 Å². The van der Waals surface area contributed by atoms with Crippen molar-refractivity contribution >= 4 is 23.7 Å². The van der Waals surface area contributed by atoms with Gasteiger partial charge in [-0.25, -0.2) is 0 Å². The van der Waals surface area contributed by atoms with Gasteiger partial charge >= 0.3 is 6.01 Å². The van der Waals surface area contributed by atoms with Crippen molar-refractivity contribution in [2.75, 3.05) is 37.5 Å². The number of methoxy groups -OCH3 is 1. The highest BCUT2D eigenvalue weighted by atomic mass is 16.5. The van der Waals surface area contributed by atoms with Crippen molar-refractivity contribution in [3.8, 4) is 6.01 Å². The lowest BCUT2D eigenvalue weighted by Gasteiger charge is -2.25. The van der Waals surface area contributed by atoms with Gasteiger partial charge in [0.2, 0.25) is 23.7 Å². The SMILES string of the molecule is CNc1nc(OC)nc(N2CC(=O)NC(=O)C2)n1. The highest BCUT2D eigenvalue weighted by Crippen LogP contribution is 2.15. The summed E-state index contributed by atoms with van der Waals surface area (Å²) in [6.45, 7) is 0.0319. The van der Waals surface area contributed by atoms with Crippen molar-refractivity contribution in [3.63, 3.8) is 0 Å². The number of anilines is 2. The van der Waals surface area contributed by atoms with Crippen LogP contribution in [0, 0.1) is 0 Å². The van der Waals surface area contributed by atoms with Gasteiger partial charge in [-0.05, 0) is 0 Å². The van der Waals surface area contributed by atoms with Crippen molar-refractivity contribution in [1.82, 2.24) is 20.3 Å². The standard InChI is InChI=1S/C9H12N6O3/c1-10-7-12-8(14-9(13-7)18-2)15-3-5(16)11-6(17)4-15/h3-4H2,1-2H3,(H,11,16,17)(H,10,12,13,14). The van der Waals surface area contributed by atoms with Crippen molar-refractivity contribution in [2.24, 2.45) is 0 Å². The zero-order valence-electron chi connectivity index (χ0n) is 9.93. The molecule has 2 heterocycles. The molecule has 96 valence electrons. The lowest BCUT2D eigenvalue weighted by atomic mass is 10.3. The third-order valence-corrected chi connectivity index (χ3v) is 2.24. The van der Waals surface area contributed by atoms with Crippen LogP contribution in [0.25, 0.3) is 0 Å². The zero-order valence-corrected chi connectivity index (χ0v) is 9.93. The molecule has 0 aromatic carbocycles. The van der Waals surface area contributed by atoms with Gasteiger partial charge in [-0.2, -0.15) is 15.0 Å². The predicted molar refractivity (Wildman–Crippen MR) is 61.3 cm³/mol. The number of rotatable bonds is 3. The molecule has 2 rings (SSSR count). The van der Waals surface area contributed by atoms with E-state index in [0.29, 0.717) is 5.95 Å². The second kappa shape index (κ2) is 4.82. The molecule has 1 saturated heterocycles. The molecule has 1 aliphatic heterocycles.